The van der Waals surface area contributed by atoms with Gasteiger partial charge in [-0.3, -0.25) is 9.69 Å². The molecule has 2 aliphatic rings. The number of carbonyl (C=O) groups is 3. The number of amides is 3. The van der Waals surface area contributed by atoms with E-state index in [1.807, 2.05) is 24.3 Å². The molecular formula is C27H20ClN3O4. The van der Waals surface area contributed by atoms with Crippen molar-refractivity contribution in [3.63, 3.8) is 0 Å². The minimum atomic E-state index is -0.668. The van der Waals surface area contributed by atoms with E-state index in [0.717, 1.165) is 27.7 Å². The SMILES string of the molecule is COC(=O)c1ccc(C2c3[nH]c4ccccc4c3C[C@@H]3C(=O)N(c4cccc(Cl)c4)C(=O)N23)cc1. The molecule has 0 spiro atoms. The number of urea groups is 1. The number of nitrogens with zero attached hydrogens (tertiary/aromatic N) is 2. The number of carbonyl (C=O) groups excluding carboxylic acids is 3. The zero-order chi connectivity index (χ0) is 24.3. The number of H-pyrrole nitrogens is 1. The molecule has 35 heavy (non-hydrogen) atoms. The average Bonchev–Trinajstić information content (AvgIpc) is 3.37. The van der Waals surface area contributed by atoms with Crippen molar-refractivity contribution in [2.75, 3.05) is 12.0 Å². The number of esters is 1. The lowest BCUT2D eigenvalue weighted by Crippen LogP contribution is -2.44. The highest BCUT2D eigenvalue weighted by Crippen LogP contribution is 2.45. The van der Waals surface area contributed by atoms with Crippen molar-refractivity contribution in [3.8, 4) is 0 Å². The third-order valence-corrected chi connectivity index (χ3v) is 7.00. The lowest BCUT2D eigenvalue weighted by atomic mass is 9.88. The van der Waals surface area contributed by atoms with Crippen LogP contribution in [0, 0.1) is 0 Å². The third kappa shape index (κ3) is 3.23. The summed E-state index contributed by atoms with van der Waals surface area (Å²) in [6, 6.07) is 20.0. The molecule has 2 aliphatic heterocycles. The van der Waals surface area contributed by atoms with Crippen LogP contribution in [0.5, 0.6) is 0 Å². The molecular weight excluding hydrogens is 466 g/mol. The van der Waals surface area contributed by atoms with Crippen LogP contribution >= 0.6 is 11.6 Å². The molecule has 1 fully saturated rings. The molecule has 0 radical (unpaired) electrons. The third-order valence-electron chi connectivity index (χ3n) is 6.76. The van der Waals surface area contributed by atoms with Gasteiger partial charge in [-0.05, 0) is 47.5 Å². The standard InChI is InChI=1S/C27H20ClN3O4/c1-35-26(33)16-11-9-15(10-12-16)24-23-20(19-7-2-3-8-21(19)29-23)14-22-25(32)30(27(34)31(22)24)18-6-4-5-17(28)13-18/h2-13,22,24,29H,14H2,1H3/t22-,24?/m1/s1. The van der Waals surface area contributed by atoms with Crippen LogP contribution in [-0.2, 0) is 16.0 Å². The Morgan fingerprint density at radius 3 is 2.54 bits per heavy atom. The number of imide groups is 1. The lowest BCUT2D eigenvalue weighted by molar-refractivity contribution is -0.120. The average molecular weight is 486 g/mol. The molecule has 1 unspecified atom stereocenters. The Bertz CT molecular complexity index is 1510. The summed E-state index contributed by atoms with van der Waals surface area (Å²) in [4.78, 5) is 45.7. The number of anilines is 1. The Morgan fingerprint density at radius 2 is 1.80 bits per heavy atom. The van der Waals surface area contributed by atoms with E-state index in [-0.39, 0.29) is 5.91 Å². The second-order valence-electron chi connectivity index (χ2n) is 8.64. The Labute approximate surface area is 205 Å². The monoisotopic (exact) mass is 485 g/mol. The van der Waals surface area contributed by atoms with Crippen LogP contribution in [0.2, 0.25) is 5.02 Å². The number of methoxy groups -OCH3 is 1. The summed E-state index contributed by atoms with van der Waals surface area (Å²) in [5.74, 6) is -0.728. The maximum atomic E-state index is 13.8. The Hall–Kier alpha value is -4.10. The first-order valence-corrected chi connectivity index (χ1v) is 11.6. The van der Waals surface area contributed by atoms with Crippen molar-refractivity contribution < 1.29 is 19.1 Å². The highest BCUT2D eigenvalue weighted by molar-refractivity contribution is 6.31. The fourth-order valence-corrected chi connectivity index (χ4v) is 5.38. The van der Waals surface area contributed by atoms with Gasteiger partial charge in [-0.2, -0.15) is 0 Å². The molecule has 1 saturated heterocycles. The van der Waals surface area contributed by atoms with Gasteiger partial charge in [-0.25, -0.2) is 14.5 Å². The summed E-state index contributed by atoms with van der Waals surface area (Å²) in [5.41, 5.74) is 4.45. The molecule has 0 aliphatic carbocycles. The minimum Gasteiger partial charge on any atom is -0.465 e. The highest BCUT2D eigenvalue weighted by Gasteiger charge is 2.53. The van der Waals surface area contributed by atoms with Gasteiger partial charge in [0, 0.05) is 28.0 Å². The lowest BCUT2D eigenvalue weighted by Gasteiger charge is -2.36. The molecule has 7 nitrogen and oxygen atoms in total. The molecule has 0 saturated carbocycles. The van der Waals surface area contributed by atoms with Crippen molar-refractivity contribution in [2.45, 2.75) is 18.5 Å². The number of aromatic amines is 1. The molecule has 3 aromatic carbocycles. The van der Waals surface area contributed by atoms with Crippen molar-refractivity contribution in [1.82, 2.24) is 9.88 Å². The zero-order valence-electron chi connectivity index (χ0n) is 18.7. The van der Waals surface area contributed by atoms with Gasteiger partial charge >= 0.3 is 12.0 Å². The molecule has 6 rings (SSSR count). The topological polar surface area (TPSA) is 82.7 Å². The first-order valence-electron chi connectivity index (χ1n) is 11.2. The predicted molar refractivity (Wildman–Crippen MR) is 132 cm³/mol. The van der Waals surface area contributed by atoms with E-state index >= 15 is 0 Å². The number of aromatic nitrogens is 1. The molecule has 3 amide bonds. The number of ether oxygens (including phenoxy) is 1. The Morgan fingerprint density at radius 1 is 1.03 bits per heavy atom. The normalized spacial score (nSPS) is 19.1. The Kier molecular flexibility index (Phi) is 4.89. The van der Waals surface area contributed by atoms with Crippen LogP contribution in [0.4, 0.5) is 10.5 Å². The summed E-state index contributed by atoms with van der Waals surface area (Å²) in [6.07, 6.45) is 0.401. The number of hydrogen-bond donors (Lipinski definition) is 1. The quantitative estimate of drug-likeness (QED) is 0.323. The van der Waals surface area contributed by atoms with Crippen molar-refractivity contribution in [3.05, 3.63) is 100 Å². The molecule has 0 bridgehead atoms. The fourth-order valence-electron chi connectivity index (χ4n) is 5.19. The molecule has 174 valence electrons. The van der Waals surface area contributed by atoms with Gasteiger partial charge in [0.15, 0.2) is 0 Å². The predicted octanol–water partition coefficient (Wildman–Crippen LogP) is 5.09. The number of para-hydroxylation sites is 1. The molecule has 2 atom stereocenters. The van der Waals surface area contributed by atoms with Crippen molar-refractivity contribution in [1.29, 1.82) is 0 Å². The van der Waals surface area contributed by atoms with E-state index in [4.69, 9.17) is 16.3 Å². The molecule has 8 heteroatoms. The first kappa shape index (κ1) is 21.4. The van der Waals surface area contributed by atoms with E-state index < -0.39 is 24.1 Å². The van der Waals surface area contributed by atoms with Crippen LogP contribution in [0.25, 0.3) is 10.9 Å². The number of nitrogens with one attached hydrogen (secondary N) is 1. The van der Waals surface area contributed by atoms with Crippen molar-refractivity contribution >= 4 is 46.1 Å². The van der Waals surface area contributed by atoms with Crippen LogP contribution in [0.15, 0.2) is 72.8 Å². The van der Waals surface area contributed by atoms with Crippen LogP contribution < -0.4 is 4.90 Å². The first-order chi connectivity index (χ1) is 17.0. The van der Waals surface area contributed by atoms with Gasteiger partial charge in [0.1, 0.15) is 12.1 Å². The summed E-state index contributed by atoms with van der Waals surface area (Å²) >= 11 is 6.16. The number of benzene rings is 3. The second kappa shape index (κ2) is 7.99. The fraction of sp³-hybridized carbons (Fsp3) is 0.148. The largest absolute Gasteiger partial charge is 0.465 e. The van der Waals surface area contributed by atoms with Crippen LogP contribution in [-0.4, -0.2) is 40.9 Å². The summed E-state index contributed by atoms with van der Waals surface area (Å²) in [6.45, 7) is 0. The van der Waals surface area contributed by atoms with Gasteiger partial charge in [-0.1, -0.05) is 48.0 Å². The van der Waals surface area contributed by atoms with E-state index in [1.54, 1.807) is 53.4 Å². The number of halogens is 1. The molecule has 1 N–H and O–H groups in total. The molecule has 3 heterocycles. The summed E-state index contributed by atoms with van der Waals surface area (Å²) < 4.78 is 4.82. The minimum absolute atomic E-state index is 0.288. The summed E-state index contributed by atoms with van der Waals surface area (Å²) in [5, 5.41) is 1.47. The smallest absolute Gasteiger partial charge is 0.337 e. The highest BCUT2D eigenvalue weighted by atomic mass is 35.5. The van der Waals surface area contributed by atoms with Crippen LogP contribution in [0.3, 0.4) is 0 Å². The van der Waals surface area contributed by atoms with Crippen molar-refractivity contribution in [2.24, 2.45) is 0 Å². The maximum absolute atomic E-state index is 13.8. The number of rotatable bonds is 3. The van der Waals surface area contributed by atoms with Gasteiger partial charge in [0.2, 0.25) is 0 Å². The van der Waals surface area contributed by atoms with Gasteiger partial charge < -0.3 is 9.72 Å². The number of fused-ring (bicyclic) bond motifs is 4. The van der Waals surface area contributed by atoms with E-state index in [2.05, 4.69) is 4.98 Å². The summed E-state index contributed by atoms with van der Waals surface area (Å²) in [7, 11) is 1.33. The zero-order valence-corrected chi connectivity index (χ0v) is 19.5. The molecule has 1 aromatic heterocycles. The van der Waals surface area contributed by atoms with E-state index in [0.29, 0.717) is 22.7 Å². The van der Waals surface area contributed by atoms with Gasteiger partial charge in [0.05, 0.1) is 18.4 Å². The van der Waals surface area contributed by atoms with Gasteiger partial charge in [0.25, 0.3) is 5.91 Å². The van der Waals surface area contributed by atoms with E-state index in [1.165, 1.54) is 12.0 Å². The maximum Gasteiger partial charge on any atom is 0.337 e. The Balaban J connectivity index is 1.52. The van der Waals surface area contributed by atoms with Gasteiger partial charge in [-0.15, -0.1) is 0 Å². The second-order valence-corrected chi connectivity index (χ2v) is 9.08. The van der Waals surface area contributed by atoms with Crippen LogP contribution in [0.1, 0.15) is 33.2 Å². The van der Waals surface area contributed by atoms with E-state index in [9.17, 15) is 14.4 Å². The molecule has 4 aromatic rings. The number of hydrogen-bond acceptors (Lipinski definition) is 4.